The van der Waals surface area contributed by atoms with Gasteiger partial charge in [-0.3, -0.25) is 37.3 Å². The normalized spacial score (nSPS) is 14.8. The van der Waals surface area contributed by atoms with Crippen LogP contribution in [-0.2, 0) is 65.4 Å². The molecule has 19 heteroatoms. The lowest BCUT2D eigenvalue weighted by Gasteiger charge is -2.21. The van der Waals surface area contributed by atoms with E-state index in [1.165, 1.54) is 225 Å². The molecule has 101 heavy (non-hydrogen) atoms. The lowest BCUT2D eigenvalue weighted by atomic mass is 9.99. The van der Waals surface area contributed by atoms with Crippen LogP contribution in [0.2, 0.25) is 0 Å². The number of rotatable bonds is 79. The zero-order chi connectivity index (χ0) is 74.6. The van der Waals surface area contributed by atoms with Gasteiger partial charge < -0.3 is 33.8 Å². The molecule has 0 saturated heterocycles. The van der Waals surface area contributed by atoms with Crippen LogP contribution in [0.1, 0.15) is 421 Å². The highest BCUT2D eigenvalue weighted by Crippen LogP contribution is 2.45. The summed E-state index contributed by atoms with van der Waals surface area (Å²) >= 11 is 0. The summed E-state index contributed by atoms with van der Waals surface area (Å²) < 4.78 is 68.8. The van der Waals surface area contributed by atoms with E-state index in [9.17, 15) is 43.2 Å². The molecule has 0 amide bonds. The van der Waals surface area contributed by atoms with E-state index in [0.717, 1.165) is 114 Å². The minimum Gasteiger partial charge on any atom is -0.462 e. The van der Waals surface area contributed by atoms with Crippen LogP contribution in [0.25, 0.3) is 0 Å². The fraction of sp³-hybridized carbons (Fsp3) is 0.951. The van der Waals surface area contributed by atoms with Crippen LogP contribution in [0.4, 0.5) is 0 Å². The number of unbranched alkanes of at least 4 members (excludes halogenated alkanes) is 42. The van der Waals surface area contributed by atoms with Crippen molar-refractivity contribution in [1.82, 2.24) is 0 Å². The Morgan fingerprint density at radius 1 is 0.277 bits per heavy atom. The van der Waals surface area contributed by atoms with Crippen molar-refractivity contribution in [2.45, 2.75) is 440 Å². The topological polar surface area (TPSA) is 237 Å². The fourth-order valence-corrected chi connectivity index (χ4v) is 14.1. The van der Waals surface area contributed by atoms with Crippen LogP contribution in [0.5, 0.6) is 0 Å². The van der Waals surface area contributed by atoms with Gasteiger partial charge in [-0.1, -0.05) is 370 Å². The van der Waals surface area contributed by atoms with Crippen molar-refractivity contribution in [2.24, 2.45) is 23.7 Å². The molecule has 0 heterocycles. The Hall–Kier alpha value is -1.94. The Kier molecular flexibility index (Phi) is 69.6. The number of carbonyl (C=O) groups is 4. The van der Waals surface area contributed by atoms with Gasteiger partial charge in [0.15, 0.2) is 12.2 Å². The number of ether oxygens (including phenoxy) is 4. The molecule has 8 atom stereocenters. The second-order valence-electron chi connectivity index (χ2n) is 30.7. The highest BCUT2D eigenvalue weighted by atomic mass is 31.2. The Bertz CT molecular complexity index is 1980. The van der Waals surface area contributed by atoms with E-state index in [0.29, 0.717) is 25.7 Å². The summed E-state index contributed by atoms with van der Waals surface area (Å²) in [6, 6.07) is 0. The number of phosphoric acid groups is 2. The predicted octanol–water partition coefficient (Wildman–Crippen LogP) is 24.4. The molecule has 0 aliphatic rings. The molecule has 0 radical (unpaired) electrons. The number of hydrogen-bond acceptors (Lipinski definition) is 15. The van der Waals surface area contributed by atoms with Crippen molar-refractivity contribution < 1.29 is 80.2 Å². The average Bonchev–Trinajstić information content (AvgIpc) is 0.966. The molecule has 0 rings (SSSR count). The third kappa shape index (κ3) is 72.1. The number of phosphoric ester groups is 2. The van der Waals surface area contributed by atoms with Gasteiger partial charge in [0.2, 0.25) is 0 Å². The van der Waals surface area contributed by atoms with E-state index >= 15 is 0 Å². The number of aliphatic hydroxyl groups is 1. The first-order valence-corrected chi connectivity index (χ1v) is 45.3. The van der Waals surface area contributed by atoms with Crippen molar-refractivity contribution >= 4 is 39.5 Å². The van der Waals surface area contributed by atoms with Gasteiger partial charge in [-0.2, -0.15) is 0 Å². The molecule has 600 valence electrons. The molecule has 5 unspecified atom stereocenters. The smallest absolute Gasteiger partial charge is 0.462 e. The highest BCUT2D eigenvalue weighted by Gasteiger charge is 2.30. The van der Waals surface area contributed by atoms with E-state index in [-0.39, 0.29) is 25.7 Å². The maximum atomic E-state index is 13.1. The molecule has 0 saturated carbocycles. The standard InChI is InChI=1S/C82H160O17P2/c1-9-73(6)59-51-43-35-27-21-17-13-15-19-23-30-40-48-56-64-81(86)98-77(68-92-79(84)62-54-46-38-29-22-18-14-12-16-20-26-34-42-50-58-72(4)5)70-96-100(88,89)94-66-76(83)67-95-101(90,91)97-71-78(69-93-80(85)63-55-47-39-33-32-37-45-53-61-75(8)11-3)99-82(87)65-57-49-41-31-25-24-28-36-44-52-60-74(7)10-2/h72-78,83H,9-71H2,1-8H3,(H,88,89)(H,90,91)/t73?,74?,75?,76-,77-,78-/m1/s1. The first kappa shape index (κ1) is 99.1. The maximum absolute atomic E-state index is 13.1. The molecule has 0 aromatic carbocycles. The Morgan fingerprint density at radius 3 is 0.703 bits per heavy atom. The van der Waals surface area contributed by atoms with Crippen LogP contribution in [-0.4, -0.2) is 96.7 Å². The minimum atomic E-state index is -4.96. The summed E-state index contributed by atoms with van der Waals surface area (Å²) in [5, 5.41) is 10.7. The Balaban J connectivity index is 5.28. The number of esters is 4. The van der Waals surface area contributed by atoms with Crippen LogP contribution in [0, 0.1) is 23.7 Å². The molecule has 0 aromatic heterocycles. The second kappa shape index (κ2) is 71.0. The fourth-order valence-electron chi connectivity index (χ4n) is 12.5. The van der Waals surface area contributed by atoms with Crippen molar-refractivity contribution in [2.75, 3.05) is 39.6 Å². The summed E-state index contributed by atoms with van der Waals surface area (Å²) in [6.07, 6.45) is 58.0. The molecular weight excluding hydrogens is 1320 g/mol. The molecule has 0 bridgehead atoms. The van der Waals surface area contributed by atoms with Gasteiger partial charge in [-0.25, -0.2) is 9.13 Å². The third-order valence-electron chi connectivity index (χ3n) is 20.2. The van der Waals surface area contributed by atoms with Crippen LogP contribution in [0.15, 0.2) is 0 Å². The number of hydrogen-bond donors (Lipinski definition) is 3. The summed E-state index contributed by atoms with van der Waals surface area (Å²) in [5.74, 6) is 1.11. The maximum Gasteiger partial charge on any atom is 0.472 e. The van der Waals surface area contributed by atoms with E-state index < -0.39 is 97.5 Å². The minimum absolute atomic E-state index is 0.106. The molecule has 0 aliphatic carbocycles. The van der Waals surface area contributed by atoms with Gasteiger partial charge >= 0.3 is 39.5 Å². The number of aliphatic hydroxyl groups excluding tert-OH is 1. The SMILES string of the molecule is CCC(C)CCCCCCCCCCCCCCCCC(=O)O[C@H](COC(=O)CCCCCCCCCCCCCCCCC(C)C)COP(=O)(O)OC[C@@H](O)COP(=O)(O)OC[C@@H](COC(=O)CCCCCCCCCCC(C)CC)OC(=O)CCCCCCCCCCCCC(C)CC. The molecule has 0 fully saturated rings. The first-order valence-electron chi connectivity index (χ1n) is 42.3. The summed E-state index contributed by atoms with van der Waals surface area (Å²) in [7, 11) is -9.93. The Morgan fingerprint density at radius 2 is 0.475 bits per heavy atom. The van der Waals surface area contributed by atoms with Crippen LogP contribution < -0.4 is 0 Å². The zero-order valence-electron chi connectivity index (χ0n) is 66.5. The molecule has 0 aliphatic heterocycles. The van der Waals surface area contributed by atoms with E-state index in [1.54, 1.807) is 0 Å². The summed E-state index contributed by atoms with van der Waals surface area (Å²) in [4.78, 5) is 73.1. The van der Waals surface area contributed by atoms with Gasteiger partial charge in [0, 0.05) is 25.7 Å². The molecule has 3 N–H and O–H groups in total. The zero-order valence-corrected chi connectivity index (χ0v) is 68.3. The highest BCUT2D eigenvalue weighted by molar-refractivity contribution is 7.47. The van der Waals surface area contributed by atoms with Gasteiger partial charge in [-0.05, 0) is 49.4 Å². The monoisotopic (exact) mass is 1480 g/mol. The van der Waals surface area contributed by atoms with E-state index in [2.05, 4.69) is 55.4 Å². The van der Waals surface area contributed by atoms with Crippen molar-refractivity contribution in [3.63, 3.8) is 0 Å². The Labute approximate surface area is 619 Å². The summed E-state index contributed by atoms with van der Waals surface area (Å²) in [5.41, 5.74) is 0. The predicted molar refractivity (Wildman–Crippen MR) is 414 cm³/mol. The van der Waals surface area contributed by atoms with Crippen LogP contribution in [0.3, 0.4) is 0 Å². The van der Waals surface area contributed by atoms with Crippen molar-refractivity contribution in [3.8, 4) is 0 Å². The largest absolute Gasteiger partial charge is 0.472 e. The lowest BCUT2D eigenvalue weighted by Crippen LogP contribution is -2.30. The third-order valence-corrected chi connectivity index (χ3v) is 22.1. The molecule has 17 nitrogen and oxygen atoms in total. The van der Waals surface area contributed by atoms with Crippen molar-refractivity contribution in [1.29, 1.82) is 0 Å². The van der Waals surface area contributed by atoms with Crippen molar-refractivity contribution in [3.05, 3.63) is 0 Å². The van der Waals surface area contributed by atoms with Crippen LogP contribution >= 0.6 is 15.6 Å². The lowest BCUT2D eigenvalue weighted by molar-refractivity contribution is -0.161. The summed E-state index contributed by atoms with van der Waals surface area (Å²) in [6.45, 7) is 14.4. The van der Waals surface area contributed by atoms with E-state index in [4.69, 9.17) is 37.0 Å². The average molecular weight is 1480 g/mol. The molecular formula is C82H160O17P2. The van der Waals surface area contributed by atoms with Gasteiger partial charge in [0.1, 0.15) is 19.3 Å². The number of carbonyl (C=O) groups excluding carboxylic acids is 4. The molecule has 0 spiro atoms. The van der Waals surface area contributed by atoms with Gasteiger partial charge in [-0.15, -0.1) is 0 Å². The van der Waals surface area contributed by atoms with E-state index in [1.807, 2.05) is 0 Å². The first-order chi connectivity index (χ1) is 48.7. The quantitative estimate of drug-likeness (QED) is 0.0222. The second-order valence-corrected chi connectivity index (χ2v) is 33.6. The molecule has 0 aromatic rings. The van der Waals surface area contributed by atoms with Gasteiger partial charge in [0.25, 0.3) is 0 Å². The van der Waals surface area contributed by atoms with Gasteiger partial charge in [0.05, 0.1) is 26.4 Å².